The number of amides is 2. The zero-order chi connectivity index (χ0) is 24.4. The van der Waals surface area contributed by atoms with Gasteiger partial charge in [-0.15, -0.1) is 0 Å². The summed E-state index contributed by atoms with van der Waals surface area (Å²) in [4.78, 5) is 44.8. The molecule has 1 aliphatic heterocycles. The maximum absolute atomic E-state index is 13.0. The van der Waals surface area contributed by atoms with E-state index in [1.54, 1.807) is 18.2 Å². The Balaban J connectivity index is 1.66. The first-order chi connectivity index (χ1) is 16.2. The maximum atomic E-state index is 13.0. The molecule has 1 aliphatic rings. The number of rotatable bonds is 5. The molecule has 2 amide bonds. The van der Waals surface area contributed by atoms with E-state index in [1.165, 1.54) is 19.5 Å². The van der Waals surface area contributed by atoms with Crippen molar-refractivity contribution >= 4 is 17.5 Å². The van der Waals surface area contributed by atoms with Crippen molar-refractivity contribution in [2.24, 2.45) is 7.05 Å². The van der Waals surface area contributed by atoms with Crippen LogP contribution in [0.4, 0.5) is 5.69 Å². The maximum Gasteiger partial charge on any atom is 0.296 e. The third-order valence-corrected chi connectivity index (χ3v) is 5.82. The standard InChI is InChI=1S/C23H26N6O5/c1-13-8-14(10-15(9-13)21(31)25-16-4-6-28(2)7-5-16)20-27-18(19(30)23(33)29(20)3)22(32)26-17-11-24-34-12-17/h8-12,16,30H,4-7H2,1-3H3,(H,25,31)(H,26,32). The van der Waals surface area contributed by atoms with Crippen molar-refractivity contribution in [1.29, 1.82) is 0 Å². The predicted octanol–water partition coefficient (Wildman–Crippen LogP) is 1.53. The van der Waals surface area contributed by atoms with Crippen molar-refractivity contribution in [1.82, 2.24) is 24.9 Å². The molecule has 11 nitrogen and oxygen atoms in total. The number of nitrogens with one attached hydrogen (secondary N) is 2. The molecular weight excluding hydrogens is 440 g/mol. The monoisotopic (exact) mass is 466 g/mol. The van der Waals surface area contributed by atoms with Crippen LogP contribution in [-0.4, -0.2) is 62.7 Å². The Hall–Kier alpha value is -3.99. The highest BCUT2D eigenvalue weighted by Crippen LogP contribution is 2.23. The average Bonchev–Trinajstić information content (AvgIpc) is 3.31. The summed E-state index contributed by atoms with van der Waals surface area (Å²) in [5, 5.41) is 19.3. The van der Waals surface area contributed by atoms with Crippen molar-refractivity contribution in [2.75, 3.05) is 25.5 Å². The van der Waals surface area contributed by atoms with Crippen LogP contribution in [-0.2, 0) is 7.05 Å². The average molecular weight is 466 g/mol. The molecule has 1 aromatic carbocycles. The van der Waals surface area contributed by atoms with Gasteiger partial charge in [-0.1, -0.05) is 5.16 Å². The minimum absolute atomic E-state index is 0.0940. The van der Waals surface area contributed by atoms with E-state index < -0.39 is 22.9 Å². The van der Waals surface area contributed by atoms with Gasteiger partial charge in [0.2, 0.25) is 5.75 Å². The molecule has 178 valence electrons. The lowest BCUT2D eigenvalue weighted by molar-refractivity contribution is 0.0916. The quantitative estimate of drug-likeness (QED) is 0.514. The lowest BCUT2D eigenvalue weighted by atomic mass is 10.0. The molecule has 0 bridgehead atoms. The van der Waals surface area contributed by atoms with Gasteiger partial charge >= 0.3 is 0 Å². The van der Waals surface area contributed by atoms with Gasteiger partial charge in [0, 0.05) is 24.2 Å². The fourth-order valence-electron chi connectivity index (χ4n) is 3.93. The van der Waals surface area contributed by atoms with Crippen LogP contribution in [0.3, 0.4) is 0 Å². The van der Waals surface area contributed by atoms with Crippen molar-refractivity contribution < 1.29 is 19.2 Å². The molecule has 3 aromatic rings. The van der Waals surface area contributed by atoms with Crippen LogP contribution in [0.2, 0.25) is 0 Å². The third-order valence-electron chi connectivity index (χ3n) is 5.82. The Labute approximate surface area is 195 Å². The van der Waals surface area contributed by atoms with E-state index in [2.05, 4.69) is 37.2 Å². The lowest BCUT2D eigenvalue weighted by Crippen LogP contribution is -2.43. The second-order valence-corrected chi connectivity index (χ2v) is 8.50. The summed E-state index contributed by atoms with van der Waals surface area (Å²) in [6.45, 7) is 3.67. The summed E-state index contributed by atoms with van der Waals surface area (Å²) in [5.41, 5.74) is 0.678. The molecule has 11 heteroatoms. The smallest absolute Gasteiger partial charge is 0.296 e. The molecule has 0 aliphatic carbocycles. The van der Waals surface area contributed by atoms with Gasteiger partial charge in [-0.2, -0.15) is 0 Å². The molecule has 3 N–H and O–H groups in total. The highest BCUT2D eigenvalue weighted by Gasteiger charge is 2.23. The van der Waals surface area contributed by atoms with Crippen molar-refractivity contribution in [2.45, 2.75) is 25.8 Å². The van der Waals surface area contributed by atoms with E-state index in [9.17, 15) is 19.5 Å². The molecule has 0 spiro atoms. The number of benzene rings is 1. The van der Waals surface area contributed by atoms with Crippen LogP contribution in [0.1, 0.15) is 39.3 Å². The van der Waals surface area contributed by atoms with Gasteiger partial charge in [-0.3, -0.25) is 19.0 Å². The van der Waals surface area contributed by atoms with Crippen LogP contribution in [0.25, 0.3) is 11.4 Å². The second-order valence-electron chi connectivity index (χ2n) is 8.50. The predicted molar refractivity (Wildman–Crippen MR) is 124 cm³/mol. The number of hydrogen-bond acceptors (Lipinski definition) is 8. The molecule has 2 aromatic heterocycles. The number of piperidine rings is 1. The Bertz CT molecular complexity index is 1280. The number of anilines is 1. The first kappa shape index (κ1) is 23.2. The number of carbonyl (C=O) groups excluding carboxylic acids is 2. The van der Waals surface area contributed by atoms with E-state index in [0.29, 0.717) is 11.1 Å². The van der Waals surface area contributed by atoms with Crippen LogP contribution in [0.5, 0.6) is 5.75 Å². The SMILES string of the molecule is Cc1cc(C(=O)NC2CCN(C)CC2)cc(-c2nc(C(=O)Nc3cnoc3)c(O)c(=O)n2C)c1. The van der Waals surface area contributed by atoms with E-state index in [0.717, 1.165) is 36.1 Å². The number of aromatic hydroxyl groups is 1. The summed E-state index contributed by atoms with van der Waals surface area (Å²) in [6.07, 6.45) is 4.22. The molecule has 0 saturated carbocycles. The largest absolute Gasteiger partial charge is 0.501 e. The van der Waals surface area contributed by atoms with Gasteiger partial charge < -0.3 is 25.2 Å². The van der Waals surface area contributed by atoms with Gasteiger partial charge in [0.25, 0.3) is 17.4 Å². The van der Waals surface area contributed by atoms with Crippen molar-refractivity contribution in [3.05, 3.63) is 57.8 Å². The molecule has 0 radical (unpaired) electrons. The van der Waals surface area contributed by atoms with Crippen LogP contribution < -0.4 is 16.2 Å². The van der Waals surface area contributed by atoms with Gasteiger partial charge in [0.05, 0.1) is 6.20 Å². The van der Waals surface area contributed by atoms with Gasteiger partial charge in [0.1, 0.15) is 17.8 Å². The minimum Gasteiger partial charge on any atom is -0.501 e. The first-order valence-corrected chi connectivity index (χ1v) is 10.8. The highest BCUT2D eigenvalue weighted by molar-refractivity contribution is 6.04. The normalized spacial score (nSPS) is 14.7. The summed E-state index contributed by atoms with van der Waals surface area (Å²) < 4.78 is 5.81. The summed E-state index contributed by atoms with van der Waals surface area (Å²) in [5.74, 6) is -1.66. The Morgan fingerprint density at radius 2 is 1.88 bits per heavy atom. The van der Waals surface area contributed by atoms with Gasteiger partial charge in [-0.05, 0) is 63.7 Å². The zero-order valence-electron chi connectivity index (χ0n) is 19.2. The molecule has 3 heterocycles. The van der Waals surface area contributed by atoms with E-state index in [4.69, 9.17) is 0 Å². The molecule has 0 unspecified atom stereocenters. The molecule has 0 atom stereocenters. The number of carbonyl (C=O) groups is 2. The fourth-order valence-corrected chi connectivity index (χ4v) is 3.93. The van der Waals surface area contributed by atoms with Crippen LogP contribution in [0, 0.1) is 6.92 Å². The Kier molecular flexibility index (Phi) is 6.46. The van der Waals surface area contributed by atoms with E-state index in [-0.39, 0.29) is 23.5 Å². The van der Waals surface area contributed by atoms with Crippen molar-refractivity contribution in [3.63, 3.8) is 0 Å². The lowest BCUT2D eigenvalue weighted by Gasteiger charge is -2.29. The topological polar surface area (TPSA) is 143 Å². The van der Waals surface area contributed by atoms with Crippen molar-refractivity contribution in [3.8, 4) is 17.1 Å². The number of aromatic nitrogens is 3. The highest BCUT2D eigenvalue weighted by atomic mass is 16.5. The first-order valence-electron chi connectivity index (χ1n) is 10.8. The third kappa shape index (κ3) is 4.84. The summed E-state index contributed by atoms with van der Waals surface area (Å²) >= 11 is 0. The molecule has 34 heavy (non-hydrogen) atoms. The Morgan fingerprint density at radius 1 is 1.15 bits per heavy atom. The number of hydrogen-bond donors (Lipinski definition) is 3. The summed E-state index contributed by atoms with van der Waals surface area (Å²) in [7, 11) is 3.49. The number of aryl methyl sites for hydroxylation is 1. The second kappa shape index (κ2) is 9.48. The molecule has 1 saturated heterocycles. The van der Waals surface area contributed by atoms with Crippen LogP contribution >= 0.6 is 0 Å². The van der Waals surface area contributed by atoms with E-state index >= 15 is 0 Å². The van der Waals surface area contributed by atoms with Gasteiger partial charge in [-0.25, -0.2) is 4.98 Å². The molecule has 4 rings (SSSR count). The number of nitrogens with zero attached hydrogens (tertiary/aromatic N) is 4. The molecular formula is C23H26N6O5. The van der Waals surface area contributed by atoms with E-state index in [1.807, 2.05) is 6.92 Å². The minimum atomic E-state index is -0.799. The Morgan fingerprint density at radius 3 is 2.56 bits per heavy atom. The van der Waals surface area contributed by atoms with Crippen LogP contribution in [0.15, 0.2) is 40.0 Å². The number of likely N-dealkylation sites (tertiary alicyclic amines) is 1. The molecule has 1 fully saturated rings. The summed E-state index contributed by atoms with van der Waals surface area (Å²) in [6, 6.07) is 5.23. The fraction of sp³-hybridized carbons (Fsp3) is 0.348. The van der Waals surface area contributed by atoms with Gasteiger partial charge in [0.15, 0.2) is 5.69 Å². The zero-order valence-corrected chi connectivity index (χ0v) is 19.2.